The van der Waals surface area contributed by atoms with Gasteiger partial charge in [0.1, 0.15) is 0 Å². The van der Waals surface area contributed by atoms with Gasteiger partial charge in [0.25, 0.3) is 5.56 Å². The van der Waals surface area contributed by atoms with Crippen molar-refractivity contribution in [1.82, 2.24) is 4.57 Å². The Bertz CT molecular complexity index is 639. The van der Waals surface area contributed by atoms with Crippen LogP contribution in [-0.4, -0.2) is 4.57 Å². The van der Waals surface area contributed by atoms with E-state index in [9.17, 15) is 4.79 Å². The number of benzene rings is 1. The van der Waals surface area contributed by atoms with Gasteiger partial charge in [0, 0.05) is 18.1 Å². The minimum atomic E-state index is 0.186. The molecule has 0 saturated heterocycles. The Morgan fingerprint density at radius 3 is 2.89 bits per heavy atom. The molecule has 1 aliphatic rings. The van der Waals surface area contributed by atoms with E-state index in [0.717, 1.165) is 37.6 Å². The molecule has 3 rings (SSSR count). The van der Waals surface area contributed by atoms with Crippen LogP contribution in [0.5, 0.6) is 0 Å². The quantitative estimate of drug-likeness (QED) is 0.808. The fourth-order valence-electron chi connectivity index (χ4n) is 2.99. The van der Waals surface area contributed by atoms with Crippen molar-refractivity contribution in [2.45, 2.75) is 45.6 Å². The van der Waals surface area contributed by atoms with Gasteiger partial charge in [-0.3, -0.25) is 4.79 Å². The molecule has 0 atom stereocenters. The minimum absolute atomic E-state index is 0.186. The molecule has 2 aromatic rings. The largest absolute Gasteiger partial charge is 0.315 e. The number of pyridine rings is 1. The van der Waals surface area contributed by atoms with Gasteiger partial charge in [-0.2, -0.15) is 0 Å². The number of aryl methyl sites for hydroxylation is 3. The maximum absolute atomic E-state index is 12.4. The number of nitrogens with zero attached hydrogens (tertiary/aromatic N) is 1. The van der Waals surface area contributed by atoms with E-state index < -0.39 is 0 Å². The Morgan fingerprint density at radius 1 is 1.22 bits per heavy atom. The third-order valence-corrected chi connectivity index (χ3v) is 3.92. The molecule has 1 aromatic carbocycles. The number of hydrogen-bond donors (Lipinski definition) is 0. The summed E-state index contributed by atoms with van der Waals surface area (Å²) in [4.78, 5) is 12.4. The summed E-state index contributed by atoms with van der Waals surface area (Å²) in [5.74, 6) is 0. The predicted octanol–water partition coefficient (Wildman–Crippen LogP) is 3.29. The Labute approximate surface area is 107 Å². The fourth-order valence-corrected chi connectivity index (χ4v) is 2.99. The molecular weight excluding hydrogens is 222 g/mol. The van der Waals surface area contributed by atoms with E-state index in [4.69, 9.17) is 0 Å². The topological polar surface area (TPSA) is 22.0 Å². The maximum Gasteiger partial charge on any atom is 0.258 e. The highest BCUT2D eigenvalue weighted by Crippen LogP contribution is 2.27. The zero-order chi connectivity index (χ0) is 12.5. The smallest absolute Gasteiger partial charge is 0.258 e. The first kappa shape index (κ1) is 11.5. The Hall–Kier alpha value is -1.57. The van der Waals surface area contributed by atoms with E-state index in [1.165, 1.54) is 22.9 Å². The molecule has 0 aliphatic heterocycles. The molecule has 2 heteroatoms. The van der Waals surface area contributed by atoms with Crippen molar-refractivity contribution >= 4 is 10.8 Å². The van der Waals surface area contributed by atoms with Crippen LogP contribution in [-0.2, 0) is 19.4 Å². The Kier molecular flexibility index (Phi) is 2.94. The van der Waals surface area contributed by atoms with Gasteiger partial charge in [0.05, 0.1) is 0 Å². The predicted molar refractivity (Wildman–Crippen MR) is 75.1 cm³/mol. The van der Waals surface area contributed by atoms with Gasteiger partial charge in [-0.1, -0.05) is 25.5 Å². The van der Waals surface area contributed by atoms with Crippen molar-refractivity contribution in [3.63, 3.8) is 0 Å². The first-order chi connectivity index (χ1) is 8.81. The summed E-state index contributed by atoms with van der Waals surface area (Å²) in [5, 5.41) is 2.15. The zero-order valence-electron chi connectivity index (χ0n) is 10.9. The van der Waals surface area contributed by atoms with E-state index >= 15 is 0 Å². The van der Waals surface area contributed by atoms with E-state index in [0.29, 0.717) is 0 Å². The molecule has 2 nitrogen and oxygen atoms in total. The molecule has 0 bridgehead atoms. The first-order valence-corrected chi connectivity index (χ1v) is 6.95. The highest BCUT2D eigenvalue weighted by Gasteiger charge is 2.15. The highest BCUT2D eigenvalue weighted by molar-refractivity contribution is 5.88. The lowest BCUT2D eigenvalue weighted by atomic mass is 9.90. The van der Waals surface area contributed by atoms with Crippen LogP contribution >= 0.6 is 0 Å². The van der Waals surface area contributed by atoms with E-state index in [1.54, 1.807) is 0 Å². The average molecular weight is 241 g/mol. The summed E-state index contributed by atoms with van der Waals surface area (Å²) < 4.78 is 1.91. The fraction of sp³-hybridized carbons (Fsp3) is 0.438. The van der Waals surface area contributed by atoms with Crippen molar-refractivity contribution in [2.24, 2.45) is 0 Å². The highest BCUT2D eigenvalue weighted by atomic mass is 16.1. The molecule has 0 unspecified atom stereocenters. The van der Waals surface area contributed by atoms with Crippen molar-refractivity contribution in [1.29, 1.82) is 0 Å². The van der Waals surface area contributed by atoms with Crippen LogP contribution in [0, 0.1) is 0 Å². The van der Waals surface area contributed by atoms with Gasteiger partial charge in [0.15, 0.2) is 0 Å². The average Bonchev–Trinajstić information content (AvgIpc) is 2.41. The summed E-state index contributed by atoms with van der Waals surface area (Å²) in [7, 11) is 0. The van der Waals surface area contributed by atoms with Crippen molar-refractivity contribution < 1.29 is 0 Å². The standard InChI is InChI=1S/C16H19NO/c1-2-3-10-17-11-13-8-4-6-12-7-5-9-14(15(12)13)16(17)18/h5,7,9,11H,2-4,6,8,10H2,1H3. The third kappa shape index (κ3) is 1.76. The molecule has 0 saturated carbocycles. The number of rotatable bonds is 3. The zero-order valence-corrected chi connectivity index (χ0v) is 10.9. The number of aromatic nitrogens is 1. The van der Waals surface area contributed by atoms with Crippen LogP contribution in [0.25, 0.3) is 10.8 Å². The second kappa shape index (κ2) is 4.60. The third-order valence-electron chi connectivity index (χ3n) is 3.92. The minimum Gasteiger partial charge on any atom is -0.315 e. The molecule has 1 aliphatic carbocycles. The molecule has 0 amide bonds. The van der Waals surface area contributed by atoms with Crippen LogP contribution in [0.1, 0.15) is 37.3 Å². The van der Waals surface area contributed by atoms with Crippen molar-refractivity contribution in [3.05, 3.63) is 45.9 Å². The molecule has 94 valence electrons. The van der Waals surface area contributed by atoms with E-state index in [1.807, 2.05) is 16.7 Å². The lowest BCUT2D eigenvalue weighted by molar-refractivity contribution is 0.611. The molecule has 0 N–H and O–H groups in total. The summed E-state index contributed by atoms with van der Waals surface area (Å²) in [6.45, 7) is 3.01. The van der Waals surface area contributed by atoms with Crippen molar-refractivity contribution in [3.8, 4) is 0 Å². The van der Waals surface area contributed by atoms with Crippen LogP contribution in [0.2, 0.25) is 0 Å². The van der Waals surface area contributed by atoms with Gasteiger partial charge in [0.2, 0.25) is 0 Å². The normalized spacial score (nSPS) is 14.1. The SMILES string of the molecule is CCCCn1cc2c3c(cccc3c1=O)CCC2. The van der Waals surface area contributed by atoms with Crippen LogP contribution in [0.15, 0.2) is 29.2 Å². The van der Waals surface area contributed by atoms with Gasteiger partial charge in [-0.05, 0) is 48.3 Å². The van der Waals surface area contributed by atoms with E-state index in [-0.39, 0.29) is 5.56 Å². The van der Waals surface area contributed by atoms with Crippen LogP contribution in [0.3, 0.4) is 0 Å². The Balaban J connectivity index is 2.25. The number of unbranched alkanes of at least 4 members (excludes halogenated alkanes) is 1. The van der Waals surface area contributed by atoms with Gasteiger partial charge in [-0.15, -0.1) is 0 Å². The van der Waals surface area contributed by atoms with Crippen molar-refractivity contribution in [2.75, 3.05) is 0 Å². The van der Waals surface area contributed by atoms with Gasteiger partial charge >= 0.3 is 0 Å². The molecule has 0 fully saturated rings. The van der Waals surface area contributed by atoms with Crippen LogP contribution in [0.4, 0.5) is 0 Å². The van der Waals surface area contributed by atoms with Gasteiger partial charge in [-0.25, -0.2) is 0 Å². The molecule has 18 heavy (non-hydrogen) atoms. The second-order valence-corrected chi connectivity index (χ2v) is 5.20. The summed E-state index contributed by atoms with van der Waals surface area (Å²) in [6.07, 6.45) is 7.73. The monoisotopic (exact) mass is 241 g/mol. The lowest BCUT2D eigenvalue weighted by Crippen LogP contribution is -2.22. The molecule has 1 aromatic heterocycles. The van der Waals surface area contributed by atoms with Crippen LogP contribution < -0.4 is 5.56 Å². The Morgan fingerprint density at radius 2 is 2.06 bits per heavy atom. The first-order valence-electron chi connectivity index (χ1n) is 6.95. The molecule has 0 spiro atoms. The summed E-state index contributed by atoms with van der Waals surface area (Å²) in [6, 6.07) is 6.18. The number of hydrogen-bond acceptors (Lipinski definition) is 1. The molecule has 0 radical (unpaired) electrons. The summed E-state index contributed by atoms with van der Waals surface area (Å²) >= 11 is 0. The summed E-state index contributed by atoms with van der Waals surface area (Å²) in [5.41, 5.74) is 2.90. The van der Waals surface area contributed by atoms with E-state index in [2.05, 4.69) is 19.2 Å². The molecule has 1 heterocycles. The van der Waals surface area contributed by atoms with Gasteiger partial charge < -0.3 is 4.57 Å². The second-order valence-electron chi connectivity index (χ2n) is 5.20. The lowest BCUT2D eigenvalue weighted by Gasteiger charge is -2.18. The maximum atomic E-state index is 12.4. The molecular formula is C16H19NO.